The fourth-order valence-corrected chi connectivity index (χ4v) is 1.87. The number of carboxylic acid groups (broad SMARTS) is 2. The molecular weight excluding hydrogens is 472 g/mol. The van der Waals surface area contributed by atoms with E-state index in [2.05, 4.69) is 0 Å². The zero-order chi connectivity index (χ0) is 27.9. The molecule has 36 heavy (non-hydrogen) atoms. The van der Waals surface area contributed by atoms with Crippen molar-refractivity contribution in [2.75, 3.05) is 26.4 Å². The first-order valence-corrected chi connectivity index (χ1v) is 11.3. The Kier molecular flexibility index (Phi) is 22.2. The molecule has 0 aliphatic heterocycles. The minimum atomic E-state index is -0.879. The van der Waals surface area contributed by atoms with Gasteiger partial charge in [-0.1, -0.05) is 36.4 Å². The molecule has 0 aliphatic rings. The molecule has 0 saturated carbocycles. The zero-order valence-corrected chi connectivity index (χ0v) is 21.2. The van der Waals surface area contributed by atoms with Gasteiger partial charge in [-0.25, -0.2) is 9.59 Å². The summed E-state index contributed by atoms with van der Waals surface area (Å²) in [4.78, 5) is 20.4. The van der Waals surface area contributed by atoms with Gasteiger partial charge in [-0.15, -0.1) is 0 Å². The number of carbonyl (C=O) groups is 2. The van der Waals surface area contributed by atoms with E-state index < -0.39 is 24.1 Å². The third-order valence-corrected chi connectivity index (χ3v) is 3.80. The highest BCUT2D eigenvalue weighted by atomic mass is 16.5. The number of hydrogen-bond donors (Lipinski definition) is 6. The number of benzene rings is 2. The molecule has 0 aliphatic carbocycles. The zero-order valence-electron chi connectivity index (χ0n) is 21.2. The van der Waals surface area contributed by atoms with E-state index in [0.717, 1.165) is 0 Å². The average Bonchev–Trinajstić information content (AvgIpc) is 2.87. The van der Waals surface area contributed by atoms with Crippen LogP contribution in [-0.4, -0.2) is 93.4 Å². The van der Waals surface area contributed by atoms with Crippen molar-refractivity contribution in [1.82, 2.24) is 0 Å². The highest BCUT2D eigenvalue weighted by molar-refractivity contribution is 5.87. The van der Waals surface area contributed by atoms with E-state index in [1.165, 1.54) is 0 Å². The van der Waals surface area contributed by atoms with Crippen LogP contribution in [0.5, 0.6) is 0 Å². The molecule has 0 aromatic heterocycles. The Morgan fingerprint density at radius 2 is 0.917 bits per heavy atom. The van der Waals surface area contributed by atoms with Crippen molar-refractivity contribution >= 4 is 11.9 Å². The van der Waals surface area contributed by atoms with Crippen molar-refractivity contribution in [3.05, 3.63) is 71.8 Å². The Balaban J connectivity index is 0. The van der Waals surface area contributed by atoms with Gasteiger partial charge in [0.05, 0.1) is 62.0 Å². The maximum Gasteiger partial charge on any atom is 0.335 e. The number of aliphatic hydroxyl groups is 4. The molecule has 0 fully saturated rings. The van der Waals surface area contributed by atoms with Gasteiger partial charge in [0.15, 0.2) is 0 Å². The Bertz CT molecular complexity index is 714. The summed E-state index contributed by atoms with van der Waals surface area (Å²) in [7, 11) is 0. The van der Waals surface area contributed by atoms with Gasteiger partial charge in [0.1, 0.15) is 0 Å². The molecule has 10 heteroatoms. The Morgan fingerprint density at radius 1 is 0.639 bits per heavy atom. The van der Waals surface area contributed by atoms with Gasteiger partial charge in [-0.3, -0.25) is 0 Å². The lowest BCUT2D eigenvalue weighted by molar-refractivity contribution is -0.0177. The van der Waals surface area contributed by atoms with E-state index in [0.29, 0.717) is 24.3 Å². The normalized spacial score (nSPS) is 13.1. The lowest BCUT2D eigenvalue weighted by atomic mass is 10.2. The molecular formula is C26H40O10. The Morgan fingerprint density at radius 3 is 1.08 bits per heavy atom. The van der Waals surface area contributed by atoms with Gasteiger partial charge in [-0.2, -0.15) is 0 Å². The second-order valence-corrected chi connectivity index (χ2v) is 7.69. The number of aliphatic hydroxyl groups excluding tert-OH is 4. The first-order chi connectivity index (χ1) is 16.9. The molecule has 4 unspecified atom stereocenters. The van der Waals surface area contributed by atoms with E-state index >= 15 is 0 Å². The minimum Gasteiger partial charge on any atom is -0.478 e. The van der Waals surface area contributed by atoms with Gasteiger partial charge in [-0.05, 0) is 52.0 Å². The second kappa shape index (κ2) is 22.6. The molecule has 0 radical (unpaired) electrons. The van der Waals surface area contributed by atoms with E-state index in [4.69, 9.17) is 40.1 Å². The molecule has 0 heterocycles. The van der Waals surface area contributed by atoms with Crippen molar-refractivity contribution in [2.45, 2.75) is 52.1 Å². The molecule has 0 bridgehead atoms. The summed E-state index contributed by atoms with van der Waals surface area (Å²) in [5.41, 5.74) is 0.662. The lowest BCUT2D eigenvalue weighted by Crippen LogP contribution is -2.19. The fraction of sp³-hybridized carbons (Fsp3) is 0.462. The standard InChI is InChI=1S/2C7H6O2.2C6H14O3/c2*8-7(9)6-4-2-1-3-5-6;2*1-5(8)4-9-6(2)3-7/h2*1-5H,(H,8,9);2*5-8H,3-4H2,1-2H3. The van der Waals surface area contributed by atoms with Crippen LogP contribution >= 0.6 is 0 Å². The highest BCUT2D eigenvalue weighted by Crippen LogP contribution is 1.97. The summed E-state index contributed by atoms with van der Waals surface area (Å²) < 4.78 is 9.91. The largest absolute Gasteiger partial charge is 0.478 e. The van der Waals surface area contributed by atoms with Crippen LogP contribution in [0.2, 0.25) is 0 Å². The number of ether oxygens (including phenoxy) is 2. The first kappa shape index (κ1) is 35.3. The Labute approximate surface area is 212 Å². The monoisotopic (exact) mass is 512 g/mol. The van der Waals surface area contributed by atoms with Crippen LogP contribution in [0.3, 0.4) is 0 Å². The average molecular weight is 513 g/mol. The van der Waals surface area contributed by atoms with Gasteiger partial charge >= 0.3 is 11.9 Å². The van der Waals surface area contributed by atoms with Crippen molar-refractivity contribution in [3.8, 4) is 0 Å². The molecule has 0 amide bonds. The van der Waals surface area contributed by atoms with Crippen molar-refractivity contribution in [2.24, 2.45) is 0 Å². The van der Waals surface area contributed by atoms with E-state index in [9.17, 15) is 9.59 Å². The summed E-state index contributed by atoms with van der Waals surface area (Å²) in [5.74, 6) is -1.76. The summed E-state index contributed by atoms with van der Waals surface area (Å²) in [6.07, 6.45) is -1.22. The minimum absolute atomic E-state index is 0.00667. The van der Waals surface area contributed by atoms with Crippen LogP contribution in [0.1, 0.15) is 48.4 Å². The van der Waals surface area contributed by atoms with Crippen LogP contribution < -0.4 is 0 Å². The first-order valence-electron chi connectivity index (χ1n) is 11.3. The molecule has 4 atom stereocenters. The summed E-state index contributed by atoms with van der Waals surface area (Å²) in [6.45, 7) is 7.39. The molecule has 6 N–H and O–H groups in total. The highest BCUT2D eigenvalue weighted by Gasteiger charge is 2.02. The van der Waals surface area contributed by atoms with E-state index in [1.807, 2.05) is 0 Å². The quantitative estimate of drug-likeness (QED) is 0.277. The van der Waals surface area contributed by atoms with Crippen LogP contribution in [0.4, 0.5) is 0 Å². The molecule has 10 nitrogen and oxygen atoms in total. The van der Waals surface area contributed by atoms with Gasteiger partial charge in [0.25, 0.3) is 0 Å². The molecule has 0 saturated heterocycles. The SMILES string of the molecule is CC(O)COC(C)CO.CC(O)COC(C)CO.O=C(O)c1ccccc1.O=C(O)c1ccccc1. The van der Waals surface area contributed by atoms with Crippen LogP contribution in [-0.2, 0) is 9.47 Å². The van der Waals surface area contributed by atoms with Crippen molar-refractivity contribution in [1.29, 1.82) is 0 Å². The summed E-state index contributed by atoms with van der Waals surface area (Å²) in [6, 6.07) is 16.6. The predicted octanol–water partition coefficient (Wildman–Crippen LogP) is 2.30. The van der Waals surface area contributed by atoms with Crippen molar-refractivity contribution in [3.63, 3.8) is 0 Å². The molecule has 2 rings (SSSR count). The number of hydrogen-bond acceptors (Lipinski definition) is 8. The van der Waals surface area contributed by atoms with Crippen molar-refractivity contribution < 1.29 is 49.7 Å². The maximum absolute atomic E-state index is 10.2. The smallest absolute Gasteiger partial charge is 0.335 e. The number of carboxylic acids is 2. The maximum atomic E-state index is 10.2. The van der Waals surface area contributed by atoms with E-state index in [-0.39, 0.29) is 25.4 Å². The summed E-state index contributed by atoms with van der Waals surface area (Å²) in [5, 5.41) is 51.0. The predicted molar refractivity (Wildman–Crippen MR) is 135 cm³/mol. The third kappa shape index (κ3) is 22.9. The topological polar surface area (TPSA) is 174 Å². The molecule has 0 spiro atoms. The lowest BCUT2D eigenvalue weighted by Gasteiger charge is -2.10. The second-order valence-electron chi connectivity index (χ2n) is 7.69. The fourth-order valence-electron chi connectivity index (χ4n) is 1.87. The molecule has 2 aromatic carbocycles. The molecule has 204 valence electrons. The number of aromatic carboxylic acids is 2. The van der Waals surface area contributed by atoms with Crippen LogP contribution in [0.25, 0.3) is 0 Å². The molecule has 2 aromatic rings. The van der Waals surface area contributed by atoms with Gasteiger partial charge in [0.2, 0.25) is 0 Å². The van der Waals surface area contributed by atoms with Crippen LogP contribution in [0.15, 0.2) is 60.7 Å². The number of rotatable bonds is 10. The van der Waals surface area contributed by atoms with Gasteiger partial charge < -0.3 is 40.1 Å². The van der Waals surface area contributed by atoms with E-state index in [1.54, 1.807) is 88.4 Å². The van der Waals surface area contributed by atoms with Crippen LogP contribution in [0, 0.1) is 0 Å². The van der Waals surface area contributed by atoms with Gasteiger partial charge in [0, 0.05) is 0 Å². The third-order valence-electron chi connectivity index (χ3n) is 3.80. The Hall–Kier alpha value is -2.86. The summed E-state index contributed by atoms with van der Waals surface area (Å²) >= 11 is 0.